The number of ether oxygens (including phenoxy) is 1. The van der Waals surface area contributed by atoms with E-state index >= 15 is 0 Å². The number of carbonyl (C=O) groups is 2. The molecule has 1 aromatic rings. The van der Waals surface area contributed by atoms with Gasteiger partial charge in [-0.2, -0.15) is 0 Å². The first-order valence-electron chi connectivity index (χ1n) is 5.47. The summed E-state index contributed by atoms with van der Waals surface area (Å²) in [4.78, 5) is 26.2. The summed E-state index contributed by atoms with van der Waals surface area (Å²) in [5.74, 6) is -0.495. The molecule has 1 aliphatic rings. The van der Waals surface area contributed by atoms with Gasteiger partial charge in [0, 0.05) is 5.92 Å². The number of Topliss-reactive ketones (excluding diaryl/α,β-unsaturated/α-hetero) is 1. The van der Waals surface area contributed by atoms with E-state index in [-0.39, 0.29) is 11.7 Å². The SMILES string of the molecule is CC(Oc1ccc(C(=O)C2CC2)nc1)C(=O)O. The average Bonchev–Trinajstić information content (AvgIpc) is 3.13. The fourth-order valence-corrected chi connectivity index (χ4v) is 1.40. The van der Waals surface area contributed by atoms with Crippen LogP contribution in [-0.2, 0) is 4.79 Å². The van der Waals surface area contributed by atoms with Gasteiger partial charge in [-0.1, -0.05) is 0 Å². The van der Waals surface area contributed by atoms with Crippen molar-refractivity contribution in [2.75, 3.05) is 0 Å². The second-order valence-corrected chi connectivity index (χ2v) is 4.12. The Labute approximate surface area is 98.4 Å². The van der Waals surface area contributed by atoms with Crippen molar-refractivity contribution in [3.63, 3.8) is 0 Å². The molecular formula is C12H13NO4. The summed E-state index contributed by atoms with van der Waals surface area (Å²) < 4.78 is 5.11. The van der Waals surface area contributed by atoms with Crippen molar-refractivity contribution in [2.45, 2.75) is 25.9 Å². The molecule has 0 amide bonds. The van der Waals surface area contributed by atoms with Gasteiger partial charge in [-0.05, 0) is 31.9 Å². The van der Waals surface area contributed by atoms with Crippen LogP contribution in [0.1, 0.15) is 30.3 Å². The highest BCUT2D eigenvalue weighted by Gasteiger charge is 2.31. The van der Waals surface area contributed by atoms with E-state index in [1.807, 2.05) is 0 Å². The molecule has 1 saturated carbocycles. The fraction of sp³-hybridized carbons (Fsp3) is 0.417. The normalized spacial score (nSPS) is 16.3. The number of carbonyl (C=O) groups excluding carboxylic acids is 1. The van der Waals surface area contributed by atoms with Gasteiger partial charge in [-0.3, -0.25) is 4.79 Å². The second-order valence-electron chi connectivity index (χ2n) is 4.12. The minimum atomic E-state index is -1.04. The maximum absolute atomic E-state index is 11.7. The molecule has 17 heavy (non-hydrogen) atoms. The van der Waals surface area contributed by atoms with Crippen molar-refractivity contribution in [3.05, 3.63) is 24.0 Å². The van der Waals surface area contributed by atoms with Crippen molar-refractivity contribution in [1.29, 1.82) is 0 Å². The molecule has 1 unspecified atom stereocenters. The number of rotatable bonds is 5. The quantitative estimate of drug-likeness (QED) is 0.783. The van der Waals surface area contributed by atoms with Gasteiger partial charge in [0.15, 0.2) is 11.9 Å². The number of ketones is 1. The van der Waals surface area contributed by atoms with Crippen LogP contribution < -0.4 is 4.74 Å². The third-order valence-corrected chi connectivity index (χ3v) is 2.60. The highest BCUT2D eigenvalue weighted by molar-refractivity contribution is 5.97. The van der Waals surface area contributed by atoms with Crippen LogP contribution in [0.25, 0.3) is 0 Å². The van der Waals surface area contributed by atoms with Gasteiger partial charge < -0.3 is 9.84 Å². The lowest BCUT2D eigenvalue weighted by atomic mass is 10.2. The van der Waals surface area contributed by atoms with Gasteiger partial charge in [-0.15, -0.1) is 0 Å². The van der Waals surface area contributed by atoms with Crippen LogP contribution in [-0.4, -0.2) is 27.9 Å². The Bertz CT molecular complexity index is 436. The molecule has 0 radical (unpaired) electrons. The number of nitrogens with zero attached hydrogens (tertiary/aromatic N) is 1. The standard InChI is InChI=1S/C12H13NO4/c1-7(12(15)16)17-9-4-5-10(13-6-9)11(14)8-2-3-8/h4-8H,2-3H2,1H3,(H,15,16). The van der Waals surface area contributed by atoms with Crippen molar-refractivity contribution < 1.29 is 19.4 Å². The highest BCUT2D eigenvalue weighted by atomic mass is 16.5. The predicted molar refractivity (Wildman–Crippen MR) is 59.0 cm³/mol. The Morgan fingerprint density at radius 2 is 2.18 bits per heavy atom. The molecule has 0 bridgehead atoms. The van der Waals surface area contributed by atoms with Crippen LogP contribution in [0.3, 0.4) is 0 Å². The molecule has 1 atom stereocenters. The van der Waals surface area contributed by atoms with Crippen molar-refractivity contribution in [1.82, 2.24) is 4.98 Å². The summed E-state index contributed by atoms with van der Waals surface area (Å²) in [6.07, 6.45) is 2.33. The molecule has 1 aromatic heterocycles. The molecule has 1 fully saturated rings. The molecule has 5 heteroatoms. The molecular weight excluding hydrogens is 222 g/mol. The fourth-order valence-electron chi connectivity index (χ4n) is 1.40. The monoisotopic (exact) mass is 235 g/mol. The first kappa shape index (κ1) is 11.6. The van der Waals surface area contributed by atoms with Crippen LogP contribution in [0.5, 0.6) is 5.75 Å². The Kier molecular flexibility index (Phi) is 3.08. The number of pyridine rings is 1. The third-order valence-electron chi connectivity index (χ3n) is 2.60. The summed E-state index contributed by atoms with van der Waals surface area (Å²) in [6.45, 7) is 1.44. The Hall–Kier alpha value is -1.91. The zero-order chi connectivity index (χ0) is 12.4. The maximum atomic E-state index is 11.7. The molecule has 1 N–H and O–H groups in total. The minimum absolute atomic E-state index is 0.0582. The van der Waals surface area contributed by atoms with Crippen LogP contribution >= 0.6 is 0 Å². The van der Waals surface area contributed by atoms with Crippen LogP contribution in [0.2, 0.25) is 0 Å². The Balaban J connectivity index is 2.02. The molecule has 0 saturated heterocycles. The number of aliphatic carboxylic acids is 1. The third kappa shape index (κ3) is 2.81. The zero-order valence-corrected chi connectivity index (χ0v) is 9.42. The topological polar surface area (TPSA) is 76.5 Å². The van der Waals surface area contributed by atoms with Crippen LogP contribution in [0.4, 0.5) is 0 Å². The van der Waals surface area contributed by atoms with E-state index in [2.05, 4.69) is 4.98 Å². The van der Waals surface area contributed by atoms with E-state index in [0.29, 0.717) is 11.4 Å². The van der Waals surface area contributed by atoms with Gasteiger partial charge in [0.25, 0.3) is 0 Å². The molecule has 2 rings (SSSR count). The van der Waals surface area contributed by atoms with Crippen LogP contribution in [0, 0.1) is 5.92 Å². The maximum Gasteiger partial charge on any atom is 0.344 e. The first-order chi connectivity index (χ1) is 8.08. The first-order valence-corrected chi connectivity index (χ1v) is 5.47. The lowest BCUT2D eigenvalue weighted by Crippen LogP contribution is -2.23. The summed E-state index contributed by atoms with van der Waals surface area (Å²) in [5.41, 5.74) is 0.419. The van der Waals surface area contributed by atoms with E-state index in [9.17, 15) is 9.59 Å². The Morgan fingerprint density at radius 1 is 1.47 bits per heavy atom. The van der Waals surface area contributed by atoms with E-state index < -0.39 is 12.1 Å². The molecule has 90 valence electrons. The molecule has 5 nitrogen and oxygen atoms in total. The van der Waals surface area contributed by atoms with Crippen LogP contribution in [0.15, 0.2) is 18.3 Å². The lowest BCUT2D eigenvalue weighted by molar-refractivity contribution is -0.144. The minimum Gasteiger partial charge on any atom is -0.479 e. The zero-order valence-electron chi connectivity index (χ0n) is 9.42. The molecule has 0 aromatic carbocycles. The largest absolute Gasteiger partial charge is 0.479 e. The summed E-state index contributed by atoms with van der Waals surface area (Å²) in [7, 11) is 0. The van der Waals surface area contributed by atoms with E-state index in [0.717, 1.165) is 12.8 Å². The van der Waals surface area contributed by atoms with Crippen molar-refractivity contribution >= 4 is 11.8 Å². The number of carboxylic acids is 1. The van der Waals surface area contributed by atoms with Crippen molar-refractivity contribution in [2.24, 2.45) is 5.92 Å². The summed E-state index contributed by atoms with van der Waals surface area (Å²) in [6, 6.07) is 3.15. The molecule has 1 aliphatic carbocycles. The Morgan fingerprint density at radius 3 is 2.65 bits per heavy atom. The summed E-state index contributed by atoms with van der Waals surface area (Å²) >= 11 is 0. The summed E-state index contributed by atoms with van der Waals surface area (Å²) in [5, 5.41) is 8.67. The molecule has 0 aliphatic heterocycles. The van der Waals surface area contributed by atoms with Gasteiger partial charge >= 0.3 is 5.97 Å². The molecule has 0 spiro atoms. The average molecular weight is 235 g/mol. The van der Waals surface area contributed by atoms with Crippen molar-refractivity contribution in [3.8, 4) is 5.75 Å². The molecule has 1 heterocycles. The predicted octanol–water partition coefficient (Wildman–Crippen LogP) is 1.53. The smallest absolute Gasteiger partial charge is 0.344 e. The number of hydrogen-bond donors (Lipinski definition) is 1. The van der Waals surface area contributed by atoms with E-state index in [1.165, 1.54) is 13.1 Å². The van der Waals surface area contributed by atoms with Gasteiger partial charge in [0.1, 0.15) is 11.4 Å². The van der Waals surface area contributed by atoms with Gasteiger partial charge in [0.05, 0.1) is 6.20 Å². The number of carboxylic acid groups (broad SMARTS) is 1. The second kappa shape index (κ2) is 4.53. The number of hydrogen-bond acceptors (Lipinski definition) is 4. The van der Waals surface area contributed by atoms with Gasteiger partial charge in [-0.25, -0.2) is 9.78 Å². The van der Waals surface area contributed by atoms with Gasteiger partial charge in [0.2, 0.25) is 0 Å². The highest BCUT2D eigenvalue weighted by Crippen LogP contribution is 2.32. The number of aromatic nitrogens is 1. The lowest BCUT2D eigenvalue weighted by Gasteiger charge is -2.09. The van der Waals surface area contributed by atoms with E-state index in [4.69, 9.17) is 9.84 Å². The van der Waals surface area contributed by atoms with E-state index in [1.54, 1.807) is 12.1 Å².